The normalized spacial score (nSPS) is 17.1. The molecule has 1 aromatic rings. The number of benzene rings is 1. The molecular formula is C19H30ClN3O3S. The number of carbonyl (C=O) groups is 1. The Balaban J connectivity index is 2.04. The van der Waals surface area contributed by atoms with Crippen LogP contribution in [0.15, 0.2) is 24.3 Å². The number of nitrogens with zero attached hydrogens (tertiary/aromatic N) is 2. The highest BCUT2D eigenvalue weighted by Crippen LogP contribution is 2.24. The van der Waals surface area contributed by atoms with Gasteiger partial charge < -0.3 is 10.2 Å². The molecule has 8 heteroatoms. The van der Waals surface area contributed by atoms with Crippen molar-refractivity contribution in [3.05, 3.63) is 29.3 Å². The van der Waals surface area contributed by atoms with Crippen LogP contribution >= 0.6 is 11.6 Å². The molecule has 1 fully saturated rings. The van der Waals surface area contributed by atoms with Gasteiger partial charge in [-0.3, -0.25) is 9.10 Å². The molecule has 1 saturated heterocycles. The molecule has 0 bridgehead atoms. The first-order valence-corrected chi connectivity index (χ1v) is 11.8. The van der Waals surface area contributed by atoms with Gasteiger partial charge in [-0.25, -0.2) is 8.42 Å². The first-order valence-electron chi connectivity index (χ1n) is 9.58. The minimum atomic E-state index is -3.62. The van der Waals surface area contributed by atoms with Crippen LogP contribution in [0.2, 0.25) is 5.02 Å². The van der Waals surface area contributed by atoms with Crippen LogP contribution in [-0.2, 0) is 14.8 Å². The largest absolute Gasteiger partial charge is 0.353 e. The van der Waals surface area contributed by atoms with E-state index in [0.29, 0.717) is 23.7 Å². The zero-order chi connectivity index (χ0) is 19.9. The van der Waals surface area contributed by atoms with E-state index in [4.69, 9.17) is 11.6 Å². The third-order valence-electron chi connectivity index (χ3n) is 4.84. The van der Waals surface area contributed by atoms with E-state index >= 15 is 0 Å². The number of sulfonamides is 1. The summed E-state index contributed by atoms with van der Waals surface area (Å²) in [6.07, 6.45) is 6.43. The second kappa shape index (κ2) is 10.3. The van der Waals surface area contributed by atoms with Crippen LogP contribution in [0, 0.1) is 0 Å². The Morgan fingerprint density at radius 2 is 1.78 bits per heavy atom. The second-order valence-electron chi connectivity index (χ2n) is 7.01. The number of nitrogens with one attached hydrogen (secondary N) is 1. The maximum Gasteiger partial charge on any atom is 0.243 e. The Bertz CT molecular complexity index is 701. The van der Waals surface area contributed by atoms with Crippen molar-refractivity contribution in [1.29, 1.82) is 0 Å². The number of likely N-dealkylation sites (tertiary alicyclic amines) is 1. The van der Waals surface area contributed by atoms with Crippen molar-refractivity contribution in [3.63, 3.8) is 0 Å². The number of amides is 1. The van der Waals surface area contributed by atoms with Gasteiger partial charge in [-0.1, -0.05) is 31.4 Å². The Morgan fingerprint density at radius 3 is 2.30 bits per heavy atom. The van der Waals surface area contributed by atoms with Crippen LogP contribution in [0.4, 0.5) is 5.69 Å². The maximum absolute atomic E-state index is 12.8. The summed E-state index contributed by atoms with van der Waals surface area (Å²) >= 11 is 5.91. The number of halogens is 1. The van der Waals surface area contributed by atoms with E-state index in [1.807, 2.05) is 6.92 Å². The smallest absolute Gasteiger partial charge is 0.243 e. The van der Waals surface area contributed by atoms with Crippen molar-refractivity contribution in [2.45, 2.75) is 45.1 Å². The molecule has 0 radical (unpaired) electrons. The zero-order valence-electron chi connectivity index (χ0n) is 16.2. The summed E-state index contributed by atoms with van der Waals surface area (Å²) in [5.41, 5.74) is 0.441. The van der Waals surface area contributed by atoms with E-state index in [9.17, 15) is 13.2 Å². The lowest BCUT2D eigenvalue weighted by atomic mass is 10.2. The minimum Gasteiger partial charge on any atom is -0.353 e. The van der Waals surface area contributed by atoms with Gasteiger partial charge in [-0.2, -0.15) is 0 Å². The first kappa shape index (κ1) is 22.0. The summed E-state index contributed by atoms with van der Waals surface area (Å²) in [7, 11) is -3.62. The van der Waals surface area contributed by atoms with Crippen molar-refractivity contribution in [2.24, 2.45) is 0 Å². The Labute approximate surface area is 167 Å². The Morgan fingerprint density at radius 1 is 1.19 bits per heavy atom. The van der Waals surface area contributed by atoms with Crippen molar-refractivity contribution in [3.8, 4) is 0 Å². The molecule has 27 heavy (non-hydrogen) atoms. The molecule has 2 rings (SSSR count). The molecule has 0 spiro atoms. The van der Waals surface area contributed by atoms with Gasteiger partial charge in [0.05, 0.1) is 11.9 Å². The molecule has 0 aromatic heterocycles. The lowest BCUT2D eigenvalue weighted by molar-refractivity contribution is -0.122. The molecule has 0 saturated carbocycles. The standard InChI is InChI=1S/C19H30ClN3O3S/c1-3-18(19(24)21-12-15-22-13-6-4-5-7-14-22)23(27(2,25)26)17-10-8-16(20)9-11-17/h8-11,18H,3-7,12-15H2,1-2H3,(H,21,24)/t18-/m0/s1. The van der Waals surface area contributed by atoms with Crippen molar-refractivity contribution in [2.75, 3.05) is 36.7 Å². The summed E-state index contributed by atoms with van der Waals surface area (Å²) < 4.78 is 26.0. The molecule has 6 nitrogen and oxygen atoms in total. The first-order chi connectivity index (χ1) is 12.8. The number of anilines is 1. The van der Waals surface area contributed by atoms with Gasteiger partial charge in [0.2, 0.25) is 15.9 Å². The molecule has 1 aliphatic rings. The van der Waals surface area contributed by atoms with E-state index in [2.05, 4.69) is 10.2 Å². The van der Waals surface area contributed by atoms with Crippen LogP contribution in [0.5, 0.6) is 0 Å². The van der Waals surface area contributed by atoms with Crippen LogP contribution in [0.25, 0.3) is 0 Å². The van der Waals surface area contributed by atoms with Gasteiger partial charge in [0, 0.05) is 18.1 Å². The number of hydrogen-bond acceptors (Lipinski definition) is 4. The fourth-order valence-electron chi connectivity index (χ4n) is 3.46. The van der Waals surface area contributed by atoms with E-state index in [1.54, 1.807) is 24.3 Å². The lowest BCUT2D eigenvalue weighted by Crippen LogP contribution is -2.50. The van der Waals surface area contributed by atoms with Gasteiger partial charge >= 0.3 is 0 Å². The average Bonchev–Trinajstić information content (AvgIpc) is 2.88. The van der Waals surface area contributed by atoms with Gasteiger partial charge in [0.15, 0.2) is 0 Å². The second-order valence-corrected chi connectivity index (χ2v) is 9.30. The van der Waals surface area contributed by atoms with E-state index in [-0.39, 0.29) is 5.91 Å². The Hall–Kier alpha value is -1.31. The molecule has 1 N–H and O–H groups in total. The van der Waals surface area contributed by atoms with Crippen molar-refractivity contribution in [1.82, 2.24) is 10.2 Å². The minimum absolute atomic E-state index is 0.271. The molecular weight excluding hydrogens is 386 g/mol. The highest BCUT2D eigenvalue weighted by atomic mass is 35.5. The summed E-state index contributed by atoms with van der Waals surface area (Å²) in [5.74, 6) is -0.271. The summed E-state index contributed by atoms with van der Waals surface area (Å²) in [4.78, 5) is 15.1. The van der Waals surface area contributed by atoms with Gasteiger partial charge in [-0.15, -0.1) is 0 Å². The molecule has 0 unspecified atom stereocenters. The highest BCUT2D eigenvalue weighted by molar-refractivity contribution is 7.92. The highest BCUT2D eigenvalue weighted by Gasteiger charge is 2.31. The zero-order valence-corrected chi connectivity index (χ0v) is 17.7. The van der Waals surface area contributed by atoms with Gasteiger partial charge in [0.25, 0.3) is 0 Å². The van der Waals surface area contributed by atoms with Gasteiger partial charge in [0.1, 0.15) is 6.04 Å². The van der Waals surface area contributed by atoms with Gasteiger partial charge in [-0.05, 0) is 56.6 Å². The van der Waals surface area contributed by atoms with E-state index in [0.717, 1.165) is 25.9 Å². The lowest BCUT2D eigenvalue weighted by Gasteiger charge is -2.30. The molecule has 1 atom stereocenters. The van der Waals surface area contributed by atoms with Crippen molar-refractivity contribution >= 4 is 33.2 Å². The third kappa shape index (κ3) is 6.66. The average molecular weight is 416 g/mol. The number of hydrogen-bond donors (Lipinski definition) is 1. The molecule has 0 aliphatic carbocycles. The van der Waals surface area contributed by atoms with Crippen LogP contribution in [0.3, 0.4) is 0 Å². The molecule has 1 aromatic carbocycles. The van der Waals surface area contributed by atoms with E-state index in [1.165, 1.54) is 30.0 Å². The fourth-order valence-corrected chi connectivity index (χ4v) is 4.80. The number of rotatable bonds is 8. The van der Waals surface area contributed by atoms with Crippen molar-refractivity contribution < 1.29 is 13.2 Å². The van der Waals surface area contributed by atoms with Crippen LogP contribution < -0.4 is 9.62 Å². The summed E-state index contributed by atoms with van der Waals surface area (Å²) in [6.45, 7) is 5.25. The quantitative estimate of drug-likeness (QED) is 0.708. The third-order valence-corrected chi connectivity index (χ3v) is 6.27. The molecule has 152 valence electrons. The maximum atomic E-state index is 12.8. The fraction of sp³-hybridized carbons (Fsp3) is 0.632. The van der Waals surface area contributed by atoms with Crippen LogP contribution in [-0.4, -0.2) is 57.7 Å². The molecule has 1 heterocycles. The molecule has 1 amide bonds. The van der Waals surface area contributed by atoms with Crippen LogP contribution in [0.1, 0.15) is 39.0 Å². The monoisotopic (exact) mass is 415 g/mol. The topological polar surface area (TPSA) is 69.7 Å². The predicted octanol–water partition coefficient (Wildman–Crippen LogP) is 2.88. The molecule has 1 aliphatic heterocycles. The summed E-state index contributed by atoms with van der Waals surface area (Å²) in [5, 5.41) is 3.44. The van der Waals surface area contributed by atoms with E-state index < -0.39 is 16.1 Å². The Kier molecular flexibility index (Phi) is 8.38. The number of carbonyl (C=O) groups excluding carboxylic acids is 1. The summed E-state index contributed by atoms with van der Waals surface area (Å²) in [6, 6.07) is 5.70. The SMILES string of the molecule is CC[C@@H](C(=O)NCCN1CCCCCC1)N(c1ccc(Cl)cc1)S(C)(=O)=O. The predicted molar refractivity (Wildman–Crippen MR) is 111 cm³/mol.